The molecule has 0 N–H and O–H groups in total. The Morgan fingerprint density at radius 3 is 2.25 bits per heavy atom. The number of halogens is 2. The molecule has 1 aromatic heterocycles. The molecule has 0 spiro atoms. The predicted molar refractivity (Wildman–Crippen MR) is 101 cm³/mol. The minimum atomic E-state index is -0.663. The molecule has 0 radical (unpaired) electrons. The van der Waals surface area contributed by atoms with E-state index >= 15 is 0 Å². The number of anilines is 1. The van der Waals surface area contributed by atoms with Gasteiger partial charge in [0.05, 0.1) is 0 Å². The molecule has 1 aromatic carbocycles. The van der Waals surface area contributed by atoms with Crippen molar-refractivity contribution >= 4 is 17.6 Å². The summed E-state index contributed by atoms with van der Waals surface area (Å²) in [5.74, 6) is -1.09. The molecule has 0 bridgehead atoms. The van der Waals surface area contributed by atoms with E-state index < -0.39 is 11.6 Å². The number of carbonyl (C=O) groups is 2. The summed E-state index contributed by atoms with van der Waals surface area (Å²) in [6.45, 7) is 5.29. The Morgan fingerprint density at radius 1 is 0.964 bits per heavy atom. The molecule has 3 rings (SSSR count). The van der Waals surface area contributed by atoms with Crippen LogP contribution in [0.5, 0.6) is 0 Å². The molecule has 1 aliphatic heterocycles. The van der Waals surface area contributed by atoms with Gasteiger partial charge in [0.1, 0.15) is 17.5 Å². The Hall–Kier alpha value is -2.87. The first-order valence-corrected chi connectivity index (χ1v) is 9.09. The van der Waals surface area contributed by atoms with Gasteiger partial charge in [-0.2, -0.15) is 0 Å². The van der Waals surface area contributed by atoms with Crippen molar-refractivity contribution in [1.29, 1.82) is 0 Å². The number of carbonyl (C=O) groups excluding carboxylic acids is 2. The summed E-state index contributed by atoms with van der Waals surface area (Å²) in [5.41, 5.74) is 0.919. The third-order valence-corrected chi connectivity index (χ3v) is 4.66. The van der Waals surface area contributed by atoms with Crippen molar-refractivity contribution in [2.45, 2.75) is 20.3 Å². The molecule has 1 aliphatic rings. The quantitative estimate of drug-likeness (QED) is 0.811. The van der Waals surface area contributed by atoms with Crippen molar-refractivity contribution in [3.05, 3.63) is 48.2 Å². The van der Waals surface area contributed by atoms with E-state index in [2.05, 4.69) is 4.98 Å². The van der Waals surface area contributed by atoms with Crippen LogP contribution in [0.15, 0.2) is 36.5 Å². The van der Waals surface area contributed by atoms with E-state index in [-0.39, 0.29) is 11.8 Å². The lowest BCUT2D eigenvalue weighted by molar-refractivity contribution is -0.128. The summed E-state index contributed by atoms with van der Waals surface area (Å²) in [4.78, 5) is 30.0. The van der Waals surface area contributed by atoms with Crippen molar-refractivity contribution in [3.8, 4) is 11.1 Å². The van der Waals surface area contributed by atoms with E-state index in [1.807, 2.05) is 5.01 Å². The fourth-order valence-corrected chi connectivity index (χ4v) is 3.33. The van der Waals surface area contributed by atoms with Crippen LogP contribution >= 0.6 is 0 Å². The third kappa shape index (κ3) is 4.51. The zero-order valence-electron chi connectivity index (χ0n) is 15.9. The zero-order chi connectivity index (χ0) is 20.3. The number of hydrogen-bond donors (Lipinski definition) is 0. The molecule has 8 heteroatoms. The molecule has 148 valence electrons. The van der Waals surface area contributed by atoms with Crippen LogP contribution in [0.3, 0.4) is 0 Å². The molecule has 1 saturated heterocycles. The number of hydrogen-bond acceptors (Lipinski definition) is 4. The van der Waals surface area contributed by atoms with Crippen LogP contribution in [0, 0.1) is 11.6 Å². The van der Waals surface area contributed by atoms with Crippen molar-refractivity contribution < 1.29 is 18.4 Å². The molecule has 2 amide bonds. The fourth-order valence-electron chi connectivity index (χ4n) is 3.33. The molecule has 2 heterocycles. The van der Waals surface area contributed by atoms with Gasteiger partial charge in [-0.15, -0.1) is 0 Å². The molecule has 0 aliphatic carbocycles. The average molecular weight is 388 g/mol. The van der Waals surface area contributed by atoms with Gasteiger partial charge in [0.15, 0.2) is 0 Å². The van der Waals surface area contributed by atoms with Gasteiger partial charge >= 0.3 is 0 Å². The number of rotatable bonds is 3. The van der Waals surface area contributed by atoms with E-state index in [0.717, 1.165) is 12.5 Å². The molecule has 6 nitrogen and oxygen atoms in total. The van der Waals surface area contributed by atoms with Crippen LogP contribution in [-0.2, 0) is 9.59 Å². The Labute approximate surface area is 162 Å². The molecule has 0 unspecified atom stereocenters. The molecule has 1 fully saturated rings. The summed E-state index contributed by atoms with van der Waals surface area (Å²) >= 11 is 0. The van der Waals surface area contributed by atoms with Gasteiger partial charge in [-0.05, 0) is 36.2 Å². The summed E-state index contributed by atoms with van der Waals surface area (Å²) < 4.78 is 26.9. The van der Waals surface area contributed by atoms with Gasteiger partial charge in [-0.3, -0.25) is 9.59 Å². The van der Waals surface area contributed by atoms with Gasteiger partial charge in [0, 0.05) is 57.9 Å². The predicted octanol–water partition coefficient (Wildman–Crippen LogP) is 2.85. The summed E-state index contributed by atoms with van der Waals surface area (Å²) in [5, 5.41) is 3.36. The van der Waals surface area contributed by atoms with Gasteiger partial charge in [0.25, 0.3) is 0 Å². The van der Waals surface area contributed by atoms with Crippen molar-refractivity contribution in [2.24, 2.45) is 0 Å². The number of nitrogens with zero attached hydrogens (tertiary/aromatic N) is 4. The Balaban J connectivity index is 1.83. The highest BCUT2D eigenvalue weighted by Crippen LogP contribution is 2.24. The maximum Gasteiger partial charge on any atom is 0.239 e. The minimum absolute atomic E-state index is 0.0148. The SMILES string of the molecule is CC(=O)N1CCCN(N(C(C)=O)c2ccc(-c3cc(F)cc(F)c3)cn2)CC1. The van der Waals surface area contributed by atoms with Crippen LogP contribution in [0.1, 0.15) is 20.3 Å². The molecule has 0 atom stereocenters. The molecule has 28 heavy (non-hydrogen) atoms. The fraction of sp³-hybridized carbons (Fsp3) is 0.350. The monoisotopic (exact) mass is 388 g/mol. The van der Waals surface area contributed by atoms with Gasteiger partial charge in [-0.1, -0.05) is 0 Å². The van der Waals surface area contributed by atoms with Gasteiger partial charge < -0.3 is 4.90 Å². The Morgan fingerprint density at radius 2 is 1.68 bits per heavy atom. The molecular weight excluding hydrogens is 366 g/mol. The van der Waals surface area contributed by atoms with Crippen LogP contribution in [0.2, 0.25) is 0 Å². The molecule has 2 aromatic rings. The van der Waals surface area contributed by atoms with Gasteiger partial charge in [-0.25, -0.2) is 23.8 Å². The minimum Gasteiger partial charge on any atom is -0.342 e. The largest absolute Gasteiger partial charge is 0.342 e. The van der Waals surface area contributed by atoms with E-state index in [9.17, 15) is 18.4 Å². The summed E-state index contributed by atoms with van der Waals surface area (Å²) in [6.07, 6.45) is 2.23. The maximum absolute atomic E-state index is 13.4. The number of pyridine rings is 1. The Kier molecular flexibility index (Phi) is 5.99. The summed E-state index contributed by atoms with van der Waals surface area (Å²) in [6, 6.07) is 6.59. The lowest BCUT2D eigenvalue weighted by Crippen LogP contribution is -2.48. The highest BCUT2D eigenvalue weighted by molar-refractivity contribution is 5.89. The smallest absolute Gasteiger partial charge is 0.239 e. The van der Waals surface area contributed by atoms with Crippen LogP contribution in [-0.4, -0.2) is 52.9 Å². The second-order valence-electron chi connectivity index (χ2n) is 6.71. The van der Waals surface area contributed by atoms with Crippen molar-refractivity contribution in [3.63, 3.8) is 0 Å². The first-order chi connectivity index (χ1) is 13.3. The van der Waals surface area contributed by atoms with Crippen LogP contribution in [0.4, 0.5) is 14.6 Å². The second-order valence-corrected chi connectivity index (χ2v) is 6.71. The molecular formula is C20H22F2N4O2. The number of benzene rings is 1. The van der Waals surface area contributed by atoms with E-state index in [4.69, 9.17) is 0 Å². The van der Waals surface area contributed by atoms with Crippen molar-refractivity contribution in [1.82, 2.24) is 14.9 Å². The van der Waals surface area contributed by atoms with Crippen LogP contribution < -0.4 is 5.01 Å². The van der Waals surface area contributed by atoms with E-state index in [1.54, 1.807) is 17.0 Å². The average Bonchev–Trinajstić information content (AvgIpc) is 2.88. The van der Waals surface area contributed by atoms with E-state index in [1.165, 1.54) is 37.2 Å². The lowest BCUT2D eigenvalue weighted by atomic mass is 10.1. The molecule has 0 saturated carbocycles. The highest BCUT2D eigenvalue weighted by Gasteiger charge is 2.25. The van der Waals surface area contributed by atoms with Crippen molar-refractivity contribution in [2.75, 3.05) is 31.2 Å². The zero-order valence-corrected chi connectivity index (χ0v) is 15.9. The van der Waals surface area contributed by atoms with E-state index in [0.29, 0.717) is 43.1 Å². The van der Waals surface area contributed by atoms with Gasteiger partial charge in [0.2, 0.25) is 11.8 Å². The number of hydrazine groups is 1. The first kappa shape index (κ1) is 19.9. The number of aromatic nitrogens is 1. The third-order valence-electron chi connectivity index (χ3n) is 4.66. The normalized spacial score (nSPS) is 15.2. The highest BCUT2D eigenvalue weighted by atomic mass is 19.1. The first-order valence-electron chi connectivity index (χ1n) is 9.09. The summed E-state index contributed by atoms with van der Waals surface area (Å²) in [7, 11) is 0. The van der Waals surface area contributed by atoms with Crippen LogP contribution in [0.25, 0.3) is 11.1 Å². The standard InChI is InChI=1S/C20H22F2N4O2/c1-14(27)24-6-3-7-25(9-8-24)26(15(2)28)20-5-4-16(13-23-20)17-10-18(21)12-19(22)11-17/h4-5,10-13H,3,6-9H2,1-2H3. The number of amides is 2. The Bertz CT molecular complexity index is 853. The second kappa shape index (κ2) is 8.43. The topological polar surface area (TPSA) is 56.8 Å². The maximum atomic E-state index is 13.4. The lowest BCUT2D eigenvalue weighted by Gasteiger charge is -2.32.